The van der Waals surface area contributed by atoms with Crippen LogP contribution in [0.2, 0.25) is 0 Å². The fourth-order valence-corrected chi connectivity index (χ4v) is 4.63. The molecule has 0 aromatic heterocycles. The molecule has 0 bridgehead atoms. The van der Waals surface area contributed by atoms with E-state index in [1.165, 1.54) is 12.1 Å². The van der Waals surface area contributed by atoms with Gasteiger partial charge in [0.2, 0.25) is 0 Å². The standard InChI is InChI=1S/C25H26N2O5S/c1-5-32-25(29)20-9-7-10-21(14-20)26-24(28)19-13-12-17(3)23(15-19)33(30,31)27-22-11-6-8-16(2)18(22)4/h6-15,27H,5H2,1-4H3,(H,26,28). The van der Waals surface area contributed by atoms with Crippen LogP contribution in [0, 0.1) is 20.8 Å². The molecule has 0 atom stereocenters. The van der Waals surface area contributed by atoms with Crippen molar-refractivity contribution in [2.75, 3.05) is 16.6 Å². The molecule has 2 N–H and O–H groups in total. The molecule has 0 spiro atoms. The van der Waals surface area contributed by atoms with Crippen molar-refractivity contribution in [1.82, 2.24) is 0 Å². The third kappa shape index (κ3) is 5.59. The molecule has 3 aromatic carbocycles. The van der Waals surface area contributed by atoms with Gasteiger partial charge >= 0.3 is 5.97 Å². The molecular weight excluding hydrogens is 440 g/mol. The van der Waals surface area contributed by atoms with Gasteiger partial charge < -0.3 is 10.1 Å². The maximum atomic E-state index is 13.1. The van der Waals surface area contributed by atoms with Gasteiger partial charge in [-0.3, -0.25) is 9.52 Å². The Hall–Kier alpha value is -3.65. The molecule has 3 aromatic rings. The third-order valence-electron chi connectivity index (χ3n) is 5.22. The molecule has 0 saturated carbocycles. The largest absolute Gasteiger partial charge is 0.462 e. The summed E-state index contributed by atoms with van der Waals surface area (Å²) < 4.78 is 33.8. The molecule has 7 nitrogen and oxygen atoms in total. The minimum absolute atomic E-state index is 0.0105. The lowest BCUT2D eigenvalue weighted by molar-refractivity contribution is 0.0526. The SMILES string of the molecule is CCOC(=O)c1cccc(NC(=O)c2ccc(C)c(S(=O)(=O)Nc3cccc(C)c3C)c2)c1. The third-order valence-corrected chi connectivity index (χ3v) is 6.73. The van der Waals surface area contributed by atoms with Gasteiger partial charge in [0, 0.05) is 11.3 Å². The fourth-order valence-electron chi connectivity index (χ4n) is 3.23. The Labute approximate surface area is 193 Å². The van der Waals surface area contributed by atoms with Crippen LogP contribution in [0.1, 0.15) is 44.3 Å². The van der Waals surface area contributed by atoms with E-state index in [9.17, 15) is 18.0 Å². The van der Waals surface area contributed by atoms with E-state index in [1.807, 2.05) is 19.9 Å². The second-order valence-corrected chi connectivity index (χ2v) is 9.24. The van der Waals surface area contributed by atoms with Gasteiger partial charge in [-0.1, -0.05) is 24.3 Å². The molecule has 172 valence electrons. The molecular formula is C25H26N2O5S. The van der Waals surface area contributed by atoms with Crippen LogP contribution in [0.4, 0.5) is 11.4 Å². The second kappa shape index (κ2) is 9.87. The van der Waals surface area contributed by atoms with E-state index < -0.39 is 21.9 Å². The first-order valence-electron chi connectivity index (χ1n) is 10.4. The van der Waals surface area contributed by atoms with Gasteiger partial charge in [-0.15, -0.1) is 0 Å². The first-order valence-corrected chi connectivity index (χ1v) is 11.9. The molecule has 0 aliphatic rings. The molecule has 0 aliphatic carbocycles. The number of ether oxygens (including phenoxy) is 1. The molecule has 0 aliphatic heterocycles. The van der Waals surface area contributed by atoms with Crippen molar-refractivity contribution >= 4 is 33.3 Å². The van der Waals surface area contributed by atoms with Crippen molar-refractivity contribution in [1.29, 1.82) is 0 Å². The van der Waals surface area contributed by atoms with Crippen molar-refractivity contribution in [3.05, 3.63) is 88.5 Å². The molecule has 0 saturated heterocycles. The van der Waals surface area contributed by atoms with Crippen molar-refractivity contribution in [3.63, 3.8) is 0 Å². The van der Waals surface area contributed by atoms with Crippen LogP contribution in [-0.2, 0) is 14.8 Å². The molecule has 8 heteroatoms. The Morgan fingerprint density at radius 1 is 0.879 bits per heavy atom. The minimum atomic E-state index is -3.93. The van der Waals surface area contributed by atoms with Gasteiger partial charge in [-0.2, -0.15) is 0 Å². The van der Waals surface area contributed by atoms with Gasteiger partial charge in [0.05, 0.1) is 22.8 Å². The summed E-state index contributed by atoms with van der Waals surface area (Å²) >= 11 is 0. The second-order valence-electron chi connectivity index (χ2n) is 7.59. The number of benzene rings is 3. The lowest BCUT2D eigenvalue weighted by Gasteiger charge is -2.14. The predicted octanol–water partition coefficient (Wildman–Crippen LogP) is 4.84. The fraction of sp³-hybridized carbons (Fsp3) is 0.200. The van der Waals surface area contributed by atoms with E-state index in [0.29, 0.717) is 22.5 Å². The Bertz CT molecular complexity index is 1320. The van der Waals surface area contributed by atoms with Crippen LogP contribution in [0.25, 0.3) is 0 Å². The number of sulfonamides is 1. The summed E-state index contributed by atoms with van der Waals surface area (Å²) in [5.74, 6) is -0.992. The van der Waals surface area contributed by atoms with Gasteiger partial charge in [0.1, 0.15) is 0 Å². The summed E-state index contributed by atoms with van der Waals surface area (Å²) in [5.41, 5.74) is 3.65. The number of esters is 1. The predicted molar refractivity (Wildman–Crippen MR) is 128 cm³/mol. The zero-order valence-corrected chi connectivity index (χ0v) is 19.7. The summed E-state index contributed by atoms with van der Waals surface area (Å²) in [6.45, 7) is 7.37. The lowest BCUT2D eigenvalue weighted by atomic mass is 10.1. The molecule has 0 radical (unpaired) electrons. The minimum Gasteiger partial charge on any atom is -0.462 e. The Balaban J connectivity index is 1.86. The van der Waals surface area contributed by atoms with Crippen LogP contribution < -0.4 is 10.0 Å². The van der Waals surface area contributed by atoms with Gasteiger partial charge in [-0.05, 0) is 80.8 Å². The highest BCUT2D eigenvalue weighted by Crippen LogP contribution is 2.25. The van der Waals surface area contributed by atoms with E-state index in [1.54, 1.807) is 56.3 Å². The number of carbonyl (C=O) groups excluding carboxylic acids is 2. The zero-order valence-electron chi connectivity index (χ0n) is 18.9. The average molecular weight is 467 g/mol. The highest BCUT2D eigenvalue weighted by Gasteiger charge is 2.20. The molecule has 1 amide bonds. The van der Waals surface area contributed by atoms with E-state index >= 15 is 0 Å². The van der Waals surface area contributed by atoms with Crippen LogP contribution in [-0.4, -0.2) is 26.9 Å². The highest BCUT2D eigenvalue weighted by atomic mass is 32.2. The summed E-state index contributed by atoms with van der Waals surface area (Å²) in [6.07, 6.45) is 0. The monoisotopic (exact) mass is 466 g/mol. The van der Waals surface area contributed by atoms with Gasteiger partial charge in [-0.25, -0.2) is 13.2 Å². The van der Waals surface area contributed by atoms with Crippen LogP contribution >= 0.6 is 0 Å². The number of hydrogen-bond acceptors (Lipinski definition) is 5. The number of aryl methyl sites for hydroxylation is 2. The summed E-state index contributed by atoms with van der Waals surface area (Å²) in [4.78, 5) is 24.8. The molecule has 3 rings (SSSR count). The van der Waals surface area contributed by atoms with Crippen molar-refractivity contribution < 1.29 is 22.7 Å². The van der Waals surface area contributed by atoms with E-state index in [-0.39, 0.29) is 17.1 Å². The van der Waals surface area contributed by atoms with Crippen LogP contribution in [0.3, 0.4) is 0 Å². The normalized spacial score (nSPS) is 11.0. The smallest absolute Gasteiger partial charge is 0.338 e. The molecule has 33 heavy (non-hydrogen) atoms. The average Bonchev–Trinajstić information content (AvgIpc) is 2.77. The number of hydrogen-bond donors (Lipinski definition) is 2. The summed E-state index contributed by atoms with van der Waals surface area (Å²) in [5, 5.41) is 2.70. The highest BCUT2D eigenvalue weighted by molar-refractivity contribution is 7.92. The van der Waals surface area contributed by atoms with Crippen LogP contribution in [0.15, 0.2) is 65.6 Å². The number of amides is 1. The Morgan fingerprint density at radius 2 is 1.61 bits per heavy atom. The Morgan fingerprint density at radius 3 is 2.33 bits per heavy atom. The number of anilines is 2. The number of nitrogens with one attached hydrogen (secondary N) is 2. The molecule has 0 fully saturated rings. The van der Waals surface area contributed by atoms with E-state index in [0.717, 1.165) is 11.1 Å². The van der Waals surface area contributed by atoms with E-state index in [4.69, 9.17) is 4.74 Å². The first-order chi connectivity index (χ1) is 15.6. The maximum Gasteiger partial charge on any atom is 0.338 e. The Kier molecular flexibility index (Phi) is 7.18. The van der Waals surface area contributed by atoms with Gasteiger partial charge in [0.25, 0.3) is 15.9 Å². The molecule has 0 heterocycles. The maximum absolute atomic E-state index is 13.1. The van der Waals surface area contributed by atoms with Crippen molar-refractivity contribution in [3.8, 4) is 0 Å². The van der Waals surface area contributed by atoms with E-state index in [2.05, 4.69) is 10.0 Å². The summed E-state index contributed by atoms with van der Waals surface area (Å²) in [7, 11) is -3.93. The van der Waals surface area contributed by atoms with Crippen molar-refractivity contribution in [2.45, 2.75) is 32.6 Å². The lowest BCUT2D eigenvalue weighted by Crippen LogP contribution is -2.18. The van der Waals surface area contributed by atoms with Crippen LogP contribution in [0.5, 0.6) is 0 Å². The quantitative estimate of drug-likeness (QED) is 0.485. The number of carbonyl (C=O) groups is 2. The first kappa shape index (κ1) is 24.0. The zero-order chi connectivity index (χ0) is 24.2. The number of rotatable bonds is 7. The molecule has 0 unspecified atom stereocenters. The van der Waals surface area contributed by atoms with Gasteiger partial charge in [0.15, 0.2) is 0 Å². The van der Waals surface area contributed by atoms with Crippen molar-refractivity contribution in [2.24, 2.45) is 0 Å². The topological polar surface area (TPSA) is 102 Å². The summed E-state index contributed by atoms with van der Waals surface area (Å²) in [6, 6.07) is 16.2.